The quantitative estimate of drug-likeness (QED) is 0.0453. The zero-order valence-electron chi connectivity index (χ0n) is 22.3. The Balaban J connectivity index is 4.01. The SMILES string of the molecule is CCCCCCCC/C=C\CCCCCCCCCCCC(=O)OC(CS(=O)(=O)O)(C(F)(F)F)C(F)(F)F. The first-order valence-corrected chi connectivity index (χ1v) is 15.2. The second kappa shape index (κ2) is 18.9. The molecule has 0 saturated heterocycles. The molecule has 5 nitrogen and oxygen atoms in total. The van der Waals surface area contributed by atoms with Gasteiger partial charge < -0.3 is 4.74 Å². The topological polar surface area (TPSA) is 80.7 Å². The van der Waals surface area contributed by atoms with Gasteiger partial charge in [-0.1, -0.05) is 96.1 Å². The predicted molar refractivity (Wildman–Crippen MR) is 135 cm³/mol. The molecule has 38 heavy (non-hydrogen) atoms. The molecule has 0 aliphatic heterocycles. The number of hydrogen-bond acceptors (Lipinski definition) is 4. The van der Waals surface area contributed by atoms with Crippen LogP contribution in [-0.2, 0) is 19.6 Å². The summed E-state index contributed by atoms with van der Waals surface area (Å²) in [4.78, 5) is 11.7. The van der Waals surface area contributed by atoms with Gasteiger partial charge in [0.25, 0.3) is 10.1 Å². The van der Waals surface area contributed by atoms with Crippen molar-refractivity contribution in [3.63, 3.8) is 0 Å². The van der Waals surface area contributed by atoms with Gasteiger partial charge in [-0.05, 0) is 32.1 Å². The van der Waals surface area contributed by atoms with E-state index in [-0.39, 0.29) is 6.42 Å². The van der Waals surface area contributed by atoms with Crippen molar-refractivity contribution in [2.45, 2.75) is 140 Å². The summed E-state index contributed by atoms with van der Waals surface area (Å²) in [5.41, 5.74) is -5.33. The Bertz CT molecular complexity index is 749. The van der Waals surface area contributed by atoms with Crippen molar-refractivity contribution in [2.24, 2.45) is 0 Å². The molecule has 0 fully saturated rings. The monoisotopic (exact) mass is 582 g/mol. The van der Waals surface area contributed by atoms with Crippen molar-refractivity contribution in [2.75, 3.05) is 5.75 Å². The van der Waals surface area contributed by atoms with Gasteiger partial charge in [-0.25, -0.2) is 0 Å². The third-order valence-electron chi connectivity index (χ3n) is 6.23. The standard InChI is InChI=1S/C26H44F6O5S/c1-2-3-4-5-6-7-8-9-10-11-12-13-14-15-16-17-18-19-20-21-23(33)37-24(25(27,28)29,26(30,31)32)22-38(34,35)36/h9-10H,2-8,11-22H2,1H3,(H,34,35,36)/b10-9-. The Hall–Kier alpha value is -1.30. The van der Waals surface area contributed by atoms with Gasteiger partial charge in [0, 0.05) is 6.42 Å². The molecule has 0 atom stereocenters. The van der Waals surface area contributed by atoms with Crippen molar-refractivity contribution < 1.29 is 48.8 Å². The number of unbranched alkanes of at least 4 members (excludes halogenated alkanes) is 15. The van der Waals surface area contributed by atoms with Gasteiger partial charge in [-0.3, -0.25) is 9.35 Å². The summed E-state index contributed by atoms with van der Waals surface area (Å²) in [5.74, 6) is -4.68. The molecule has 0 aliphatic rings. The van der Waals surface area contributed by atoms with Crippen LogP contribution in [0.1, 0.15) is 122 Å². The fourth-order valence-corrected chi connectivity index (χ4v) is 4.92. The predicted octanol–water partition coefficient (Wildman–Crippen LogP) is 8.88. The van der Waals surface area contributed by atoms with Gasteiger partial charge in [-0.15, -0.1) is 0 Å². The molecule has 0 bridgehead atoms. The summed E-state index contributed by atoms with van der Waals surface area (Å²) in [6.45, 7) is 2.21. The molecule has 0 aromatic carbocycles. The lowest BCUT2D eigenvalue weighted by Gasteiger charge is -2.35. The van der Waals surface area contributed by atoms with Gasteiger partial charge >= 0.3 is 23.9 Å². The minimum atomic E-state index is -6.29. The van der Waals surface area contributed by atoms with Crippen LogP contribution in [0.5, 0.6) is 0 Å². The minimum absolute atomic E-state index is 0.00156. The summed E-state index contributed by atoms with van der Waals surface area (Å²) in [6, 6.07) is 0. The van der Waals surface area contributed by atoms with Crippen LogP contribution in [0.15, 0.2) is 12.2 Å². The Morgan fingerprint density at radius 2 is 1.05 bits per heavy atom. The van der Waals surface area contributed by atoms with Gasteiger partial charge in [0.15, 0.2) is 0 Å². The van der Waals surface area contributed by atoms with Gasteiger partial charge in [0.2, 0.25) is 0 Å². The first-order chi connectivity index (χ1) is 17.7. The van der Waals surface area contributed by atoms with E-state index in [0.717, 1.165) is 51.4 Å². The highest BCUT2D eigenvalue weighted by atomic mass is 32.2. The highest BCUT2D eigenvalue weighted by Crippen LogP contribution is 2.47. The lowest BCUT2D eigenvalue weighted by Crippen LogP contribution is -2.63. The van der Waals surface area contributed by atoms with E-state index in [0.29, 0.717) is 12.8 Å². The van der Waals surface area contributed by atoms with E-state index in [9.17, 15) is 39.6 Å². The molecule has 0 aromatic heterocycles. The number of carbonyl (C=O) groups excluding carboxylic acids is 1. The molecule has 0 unspecified atom stereocenters. The highest BCUT2D eigenvalue weighted by Gasteiger charge is 2.75. The van der Waals surface area contributed by atoms with Crippen LogP contribution in [0.25, 0.3) is 0 Å². The van der Waals surface area contributed by atoms with Gasteiger partial charge in [-0.2, -0.15) is 34.8 Å². The van der Waals surface area contributed by atoms with Gasteiger partial charge in [0.05, 0.1) is 0 Å². The first-order valence-electron chi connectivity index (χ1n) is 13.6. The fraction of sp³-hybridized carbons (Fsp3) is 0.885. The third kappa shape index (κ3) is 16.6. The third-order valence-corrected chi connectivity index (χ3v) is 7.00. The van der Waals surface area contributed by atoms with Crippen molar-refractivity contribution in [3.8, 4) is 0 Å². The molecule has 0 saturated carbocycles. The van der Waals surface area contributed by atoms with Crippen LogP contribution in [0.4, 0.5) is 26.3 Å². The summed E-state index contributed by atoms with van der Waals surface area (Å²) in [6.07, 6.45) is 8.36. The Morgan fingerprint density at radius 1 is 0.684 bits per heavy atom. The van der Waals surface area contributed by atoms with E-state index >= 15 is 0 Å². The van der Waals surface area contributed by atoms with Crippen LogP contribution < -0.4 is 0 Å². The smallest absolute Gasteiger partial charge is 0.438 e. The van der Waals surface area contributed by atoms with Crippen molar-refractivity contribution in [1.29, 1.82) is 0 Å². The largest absolute Gasteiger partial charge is 0.438 e. The lowest BCUT2D eigenvalue weighted by molar-refractivity contribution is -0.361. The summed E-state index contributed by atoms with van der Waals surface area (Å²) < 4.78 is 113. The van der Waals surface area contributed by atoms with E-state index in [4.69, 9.17) is 4.55 Å². The van der Waals surface area contributed by atoms with Crippen LogP contribution in [0, 0.1) is 0 Å². The molecule has 1 N–H and O–H groups in total. The second-order valence-corrected chi connectivity index (χ2v) is 11.2. The zero-order chi connectivity index (χ0) is 29.1. The lowest BCUT2D eigenvalue weighted by atomic mass is 10.0. The number of allylic oxidation sites excluding steroid dienone is 2. The molecule has 0 heterocycles. The summed E-state index contributed by atoms with van der Waals surface area (Å²) >= 11 is 0. The van der Waals surface area contributed by atoms with E-state index in [1.54, 1.807) is 0 Å². The van der Waals surface area contributed by atoms with Crippen LogP contribution in [0.2, 0.25) is 0 Å². The molecule has 0 aromatic rings. The van der Waals surface area contributed by atoms with E-state index in [1.807, 2.05) is 0 Å². The summed E-state index contributed by atoms with van der Waals surface area (Å²) in [5, 5.41) is 0. The highest BCUT2D eigenvalue weighted by molar-refractivity contribution is 7.85. The van der Waals surface area contributed by atoms with E-state index in [1.165, 1.54) is 38.5 Å². The maximum atomic E-state index is 13.2. The van der Waals surface area contributed by atoms with Crippen LogP contribution in [0.3, 0.4) is 0 Å². The average molecular weight is 583 g/mol. The Labute approximate surface area is 223 Å². The number of esters is 1. The fourth-order valence-electron chi connectivity index (χ4n) is 4.02. The molecule has 0 spiro atoms. The number of hydrogen-bond donors (Lipinski definition) is 1. The second-order valence-electron chi connectivity index (χ2n) is 9.77. The average Bonchev–Trinajstić information content (AvgIpc) is 2.77. The van der Waals surface area contributed by atoms with Gasteiger partial charge in [0.1, 0.15) is 5.75 Å². The molecular formula is C26H44F6O5S. The molecular weight excluding hydrogens is 538 g/mol. The molecule has 0 aliphatic carbocycles. The summed E-state index contributed by atoms with van der Waals surface area (Å²) in [7, 11) is -5.77. The minimum Gasteiger partial charge on any atom is -0.438 e. The van der Waals surface area contributed by atoms with Crippen molar-refractivity contribution >= 4 is 16.1 Å². The normalized spacial score (nSPS) is 13.4. The maximum absolute atomic E-state index is 13.2. The van der Waals surface area contributed by atoms with Crippen molar-refractivity contribution in [1.82, 2.24) is 0 Å². The van der Waals surface area contributed by atoms with E-state index in [2.05, 4.69) is 23.8 Å². The maximum Gasteiger partial charge on any atom is 0.438 e. The number of alkyl halides is 6. The van der Waals surface area contributed by atoms with Crippen molar-refractivity contribution in [3.05, 3.63) is 12.2 Å². The Kier molecular flexibility index (Phi) is 18.2. The van der Waals surface area contributed by atoms with E-state index < -0.39 is 46.2 Å². The number of carbonyl (C=O) groups is 1. The Morgan fingerprint density at radius 3 is 1.42 bits per heavy atom. The molecule has 0 amide bonds. The van der Waals surface area contributed by atoms with Crippen LogP contribution >= 0.6 is 0 Å². The molecule has 226 valence electrons. The molecule has 0 radical (unpaired) electrons. The number of ether oxygens (including phenoxy) is 1. The molecule has 0 rings (SSSR count). The molecule has 12 heteroatoms. The number of rotatable bonds is 22. The first kappa shape index (κ1) is 36.7. The zero-order valence-corrected chi connectivity index (χ0v) is 23.2. The van der Waals surface area contributed by atoms with Crippen LogP contribution in [-0.4, -0.2) is 42.6 Å². The number of halogens is 6.